The molecule has 1 aromatic carbocycles. The third-order valence-corrected chi connectivity index (χ3v) is 4.54. The van der Waals surface area contributed by atoms with E-state index in [0.29, 0.717) is 32.5 Å². The number of amides is 2. The maximum absolute atomic E-state index is 13.3. The van der Waals surface area contributed by atoms with Gasteiger partial charge in [0.1, 0.15) is 0 Å². The van der Waals surface area contributed by atoms with Gasteiger partial charge < -0.3 is 10.2 Å². The number of carbonyl (C=O) groups is 2. The van der Waals surface area contributed by atoms with Crippen molar-refractivity contribution in [3.63, 3.8) is 0 Å². The largest absolute Gasteiger partial charge is 0.352 e. The molecule has 0 saturated carbocycles. The molecule has 0 bridgehead atoms. The van der Waals surface area contributed by atoms with Gasteiger partial charge in [-0.3, -0.25) is 14.6 Å². The van der Waals surface area contributed by atoms with Gasteiger partial charge in [0.05, 0.1) is 0 Å². The summed E-state index contributed by atoms with van der Waals surface area (Å²) >= 11 is 0. The molecule has 136 valence electrons. The number of nitrogens with zero attached hydrogens (tertiary/aromatic N) is 2. The fourth-order valence-corrected chi connectivity index (χ4v) is 2.99. The van der Waals surface area contributed by atoms with E-state index in [1.54, 1.807) is 17.3 Å². The molecule has 1 aliphatic heterocycles. The highest BCUT2D eigenvalue weighted by Gasteiger charge is 2.28. The minimum absolute atomic E-state index is 0.0401. The van der Waals surface area contributed by atoms with E-state index in [4.69, 9.17) is 0 Å². The lowest BCUT2D eigenvalue weighted by Gasteiger charge is -2.31. The molecule has 2 aromatic rings. The molecular formula is C19H19F2N3O2. The Hall–Kier alpha value is -2.83. The predicted molar refractivity (Wildman–Crippen MR) is 91.1 cm³/mol. The van der Waals surface area contributed by atoms with Gasteiger partial charge in [-0.1, -0.05) is 0 Å². The first kappa shape index (κ1) is 18.0. The van der Waals surface area contributed by atoms with Crippen molar-refractivity contribution in [2.24, 2.45) is 5.92 Å². The molecule has 5 nitrogen and oxygen atoms in total. The Morgan fingerprint density at radius 3 is 2.42 bits per heavy atom. The first-order chi connectivity index (χ1) is 12.5. The number of rotatable bonds is 4. The third kappa shape index (κ3) is 4.22. The smallest absolute Gasteiger partial charge is 0.253 e. The molecule has 0 radical (unpaired) electrons. The van der Waals surface area contributed by atoms with Gasteiger partial charge in [0.15, 0.2) is 11.6 Å². The highest BCUT2D eigenvalue weighted by atomic mass is 19.2. The number of carbonyl (C=O) groups excluding carboxylic acids is 2. The van der Waals surface area contributed by atoms with Crippen LogP contribution in [-0.4, -0.2) is 34.8 Å². The van der Waals surface area contributed by atoms with Crippen molar-refractivity contribution in [3.8, 4) is 0 Å². The van der Waals surface area contributed by atoms with Gasteiger partial charge in [-0.2, -0.15) is 0 Å². The lowest BCUT2D eigenvalue weighted by Crippen LogP contribution is -2.43. The van der Waals surface area contributed by atoms with Crippen LogP contribution in [0, 0.1) is 17.6 Å². The summed E-state index contributed by atoms with van der Waals surface area (Å²) in [7, 11) is 0. The maximum Gasteiger partial charge on any atom is 0.253 e. The lowest BCUT2D eigenvalue weighted by molar-refractivity contribution is -0.126. The minimum Gasteiger partial charge on any atom is -0.352 e. The normalized spacial score (nSPS) is 14.9. The Bertz CT molecular complexity index is 791. The molecular weight excluding hydrogens is 340 g/mol. The Morgan fingerprint density at radius 2 is 1.77 bits per heavy atom. The van der Waals surface area contributed by atoms with Gasteiger partial charge in [-0.15, -0.1) is 0 Å². The minimum atomic E-state index is -1.04. The zero-order valence-electron chi connectivity index (χ0n) is 14.1. The number of halogens is 2. The predicted octanol–water partition coefficient (Wildman–Crippen LogP) is 2.53. The number of hydrogen-bond donors (Lipinski definition) is 1. The van der Waals surface area contributed by atoms with E-state index in [-0.39, 0.29) is 23.3 Å². The van der Waals surface area contributed by atoms with E-state index in [2.05, 4.69) is 10.3 Å². The van der Waals surface area contributed by atoms with E-state index in [1.165, 1.54) is 6.07 Å². The zero-order chi connectivity index (χ0) is 18.5. The Morgan fingerprint density at radius 1 is 1.08 bits per heavy atom. The fraction of sp³-hybridized carbons (Fsp3) is 0.316. The summed E-state index contributed by atoms with van der Waals surface area (Å²) in [5.41, 5.74) is 1.09. The molecule has 1 aromatic heterocycles. The van der Waals surface area contributed by atoms with E-state index in [1.807, 2.05) is 12.1 Å². The van der Waals surface area contributed by atoms with Crippen LogP contribution < -0.4 is 5.32 Å². The molecule has 0 atom stereocenters. The second-order valence-electron chi connectivity index (χ2n) is 6.27. The van der Waals surface area contributed by atoms with Crippen LogP contribution in [0.4, 0.5) is 8.78 Å². The van der Waals surface area contributed by atoms with Crippen LogP contribution in [0.1, 0.15) is 28.8 Å². The molecule has 0 aliphatic carbocycles. The molecule has 3 rings (SSSR count). The van der Waals surface area contributed by atoms with Gasteiger partial charge in [-0.05, 0) is 48.7 Å². The first-order valence-corrected chi connectivity index (χ1v) is 8.45. The second-order valence-corrected chi connectivity index (χ2v) is 6.27. The van der Waals surface area contributed by atoms with E-state index >= 15 is 0 Å². The van der Waals surface area contributed by atoms with Crippen molar-refractivity contribution >= 4 is 11.8 Å². The zero-order valence-corrected chi connectivity index (χ0v) is 14.1. The lowest BCUT2D eigenvalue weighted by atomic mass is 9.95. The Labute approximate surface area is 150 Å². The molecule has 1 N–H and O–H groups in total. The number of pyridine rings is 1. The summed E-state index contributed by atoms with van der Waals surface area (Å²) in [4.78, 5) is 30.2. The van der Waals surface area contributed by atoms with E-state index in [0.717, 1.165) is 17.7 Å². The van der Waals surface area contributed by atoms with Crippen LogP contribution in [0.25, 0.3) is 0 Å². The van der Waals surface area contributed by atoms with Gasteiger partial charge in [-0.25, -0.2) is 8.78 Å². The molecule has 0 spiro atoms. The standard InChI is InChI=1S/C19H19F2N3O2/c20-16-2-1-15(11-17(16)21)19(26)24-9-5-14(6-10-24)18(25)23-12-13-3-7-22-8-4-13/h1-4,7-8,11,14H,5-6,9-10,12H2,(H,23,25). The van der Waals surface area contributed by atoms with Gasteiger partial charge in [0.25, 0.3) is 5.91 Å². The van der Waals surface area contributed by atoms with Gasteiger partial charge in [0, 0.05) is 43.5 Å². The summed E-state index contributed by atoms with van der Waals surface area (Å²) < 4.78 is 26.3. The van der Waals surface area contributed by atoms with Gasteiger partial charge in [0.2, 0.25) is 5.91 Å². The van der Waals surface area contributed by atoms with Crippen LogP contribution >= 0.6 is 0 Å². The quantitative estimate of drug-likeness (QED) is 0.913. The molecule has 1 aliphatic rings. The highest BCUT2D eigenvalue weighted by molar-refractivity contribution is 5.94. The van der Waals surface area contributed by atoms with Crippen molar-refractivity contribution in [1.29, 1.82) is 0 Å². The summed E-state index contributed by atoms with van der Waals surface area (Å²) in [5, 5.41) is 2.90. The molecule has 0 unspecified atom stereocenters. The van der Waals surface area contributed by atoms with Crippen LogP contribution in [-0.2, 0) is 11.3 Å². The van der Waals surface area contributed by atoms with Crippen LogP contribution in [0.3, 0.4) is 0 Å². The second kappa shape index (κ2) is 8.03. The van der Waals surface area contributed by atoms with Gasteiger partial charge >= 0.3 is 0 Å². The summed E-state index contributed by atoms with van der Waals surface area (Å²) in [6, 6.07) is 6.80. The first-order valence-electron chi connectivity index (χ1n) is 8.45. The number of nitrogens with one attached hydrogen (secondary N) is 1. The van der Waals surface area contributed by atoms with Crippen molar-refractivity contribution in [2.45, 2.75) is 19.4 Å². The van der Waals surface area contributed by atoms with Crippen molar-refractivity contribution in [3.05, 3.63) is 65.5 Å². The summed E-state index contributed by atoms with van der Waals surface area (Å²) in [6.45, 7) is 1.26. The molecule has 1 saturated heterocycles. The van der Waals surface area contributed by atoms with Crippen molar-refractivity contribution in [1.82, 2.24) is 15.2 Å². The number of aromatic nitrogens is 1. The third-order valence-electron chi connectivity index (χ3n) is 4.54. The Balaban J connectivity index is 1.51. The van der Waals surface area contributed by atoms with Crippen molar-refractivity contribution in [2.75, 3.05) is 13.1 Å². The molecule has 26 heavy (non-hydrogen) atoms. The number of hydrogen-bond acceptors (Lipinski definition) is 3. The average molecular weight is 359 g/mol. The summed E-state index contributed by atoms with van der Waals surface area (Å²) in [6.07, 6.45) is 4.42. The number of piperidine rings is 1. The van der Waals surface area contributed by atoms with Crippen molar-refractivity contribution < 1.29 is 18.4 Å². The maximum atomic E-state index is 13.3. The fourth-order valence-electron chi connectivity index (χ4n) is 2.99. The molecule has 2 amide bonds. The molecule has 2 heterocycles. The van der Waals surface area contributed by atoms with E-state index in [9.17, 15) is 18.4 Å². The SMILES string of the molecule is O=C(NCc1ccncc1)C1CCN(C(=O)c2ccc(F)c(F)c2)CC1. The average Bonchev–Trinajstić information content (AvgIpc) is 2.68. The monoisotopic (exact) mass is 359 g/mol. The number of benzene rings is 1. The molecule has 7 heteroatoms. The Kier molecular flexibility index (Phi) is 5.55. The van der Waals surface area contributed by atoms with Crippen LogP contribution in [0.5, 0.6) is 0 Å². The van der Waals surface area contributed by atoms with Crippen LogP contribution in [0.15, 0.2) is 42.7 Å². The molecule has 1 fully saturated rings. The number of likely N-dealkylation sites (tertiary alicyclic amines) is 1. The van der Waals surface area contributed by atoms with Crippen LogP contribution in [0.2, 0.25) is 0 Å². The highest BCUT2D eigenvalue weighted by Crippen LogP contribution is 2.20. The topological polar surface area (TPSA) is 62.3 Å². The summed E-state index contributed by atoms with van der Waals surface area (Å²) in [5.74, 6) is -2.57. The van der Waals surface area contributed by atoms with E-state index < -0.39 is 11.6 Å².